The van der Waals surface area contributed by atoms with Gasteiger partial charge in [0, 0.05) is 0 Å². The van der Waals surface area contributed by atoms with E-state index in [2.05, 4.69) is 8.37 Å². The van der Waals surface area contributed by atoms with Crippen LogP contribution < -0.4 is 0 Å². The summed E-state index contributed by atoms with van der Waals surface area (Å²) in [6.07, 6.45) is -10.3. The van der Waals surface area contributed by atoms with Crippen LogP contribution in [0.4, 0.5) is 26.3 Å². The average Bonchev–Trinajstić information content (AvgIpc) is 2.42. The summed E-state index contributed by atoms with van der Waals surface area (Å²) in [4.78, 5) is 0. The first kappa shape index (κ1) is 21.4. The lowest BCUT2D eigenvalue weighted by atomic mass is 10.00. The van der Waals surface area contributed by atoms with Crippen LogP contribution in [0.25, 0.3) is 0 Å². The van der Waals surface area contributed by atoms with Gasteiger partial charge in [-0.05, 0) is 12.8 Å². The quantitative estimate of drug-likeness (QED) is 0.494. The van der Waals surface area contributed by atoms with Crippen molar-refractivity contribution in [2.75, 3.05) is 13.2 Å². The van der Waals surface area contributed by atoms with E-state index in [4.69, 9.17) is 0 Å². The Morgan fingerprint density at radius 2 is 1.00 bits per heavy atom. The minimum absolute atomic E-state index is 0.171. The third-order valence-corrected chi connectivity index (χ3v) is 6.83. The van der Waals surface area contributed by atoms with E-state index in [0.717, 1.165) is 0 Å². The second-order valence-corrected chi connectivity index (χ2v) is 8.76. The summed E-state index contributed by atoms with van der Waals surface area (Å²) in [5, 5.41) is -3.85. The van der Waals surface area contributed by atoms with Crippen molar-refractivity contribution in [1.29, 1.82) is 0 Å². The molecule has 0 amide bonds. The Labute approximate surface area is 134 Å². The van der Waals surface area contributed by atoms with Gasteiger partial charge in [-0.25, -0.2) is 0 Å². The fraction of sp³-hybridized carbons (Fsp3) is 1.00. The number of rotatable bonds is 6. The summed E-state index contributed by atoms with van der Waals surface area (Å²) in [6, 6.07) is 0. The molecule has 0 saturated heterocycles. The minimum Gasteiger partial charge on any atom is -0.260 e. The molecule has 0 radical (unpaired) electrons. The lowest BCUT2D eigenvalue weighted by molar-refractivity contribution is -0.153. The molecule has 1 fully saturated rings. The van der Waals surface area contributed by atoms with Crippen LogP contribution in [0.3, 0.4) is 0 Å². The van der Waals surface area contributed by atoms with E-state index in [9.17, 15) is 43.2 Å². The third kappa shape index (κ3) is 6.72. The van der Waals surface area contributed by atoms with Crippen LogP contribution in [0, 0.1) is 0 Å². The fourth-order valence-electron chi connectivity index (χ4n) is 2.20. The molecule has 144 valence electrons. The second-order valence-electron chi connectivity index (χ2n) is 5.10. The highest BCUT2D eigenvalue weighted by molar-refractivity contribution is 7.91. The highest BCUT2D eigenvalue weighted by atomic mass is 32.2. The zero-order valence-electron chi connectivity index (χ0n) is 11.9. The van der Waals surface area contributed by atoms with Crippen LogP contribution in [0.5, 0.6) is 0 Å². The maximum absolute atomic E-state index is 12.1. The van der Waals surface area contributed by atoms with Crippen LogP contribution >= 0.6 is 0 Å². The van der Waals surface area contributed by atoms with E-state index >= 15 is 0 Å². The third-order valence-electron chi connectivity index (χ3n) is 3.16. The molecule has 0 aromatic rings. The normalized spacial score (nSPS) is 24.1. The molecule has 0 N–H and O–H groups in total. The summed E-state index contributed by atoms with van der Waals surface area (Å²) in [5.74, 6) is 0. The Hall–Kier alpha value is -0.600. The number of alkyl halides is 6. The van der Waals surface area contributed by atoms with Crippen molar-refractivity contribution >= 4 is 20.2 Å². The summed E-state index contributed by atoms with van der Waals surface area (Å²) in [7, 11) is -9.93. The van der Waals surface area contributed by atoms with Gasteiger partial charge in [-0.3, -0.25) is 8.37 Å². The van der Waals surface area contributed by atoms with Gasteiger partial charge in [0.25, 0.3) is 20.2 Å². The molecule has 24 heavy (non-hydrogen) atoms. The van der Waals surface area contributed by atoms with Gasteiger partial charge in [-0.15, -0.1) is 0 Å². The summed E-state index contributed by atoms with van der Waals surface area (Å²) >= 11 is 0. The monoisotopic (exact) mass is 408 g/mol. The van der Waals surface area contributed by atoms with Crippen molar-refractivity contribution in [3.05, 3.63) is 0 Å². The van der Waals surface area contributed by atoms with Crippen molar-refractivity contribution in [2.24, 2.45) is 0 Å². The zero-order chi connectivity index (χ0) is 18.8. The number of hydrogen-bond acceptors (Lipinski definition) is 6. The van der Waals surface area contributed by atoms with E-state index in [1.165, 1.54) is 0 Å². The molecule has 14 heteroatoms. The van der Waals surface area contributed by atoms with E-state index in [0.29, 0.717) is 0 Å². The van der Waals surface area contributed by atoms with Crippen LogP contribution in [-0.2, 0) is 28.6 Å². The first-order valence-corrected chi connectivity index (χ1v) is 9.48. The molecule has 0 bridgehead atoms. The largest absolute Gasteiger partial charge is 0.413 e. The van der Waals surface area contributed by atoms with Gasteiger partial charge in [0.05, 0.1) is 0 Å². The summed E-state index contributed by atoms with van der Waals surface area (Å²) in [6.45, 7) is -4.30. The van der Waals surface area contributed by atoms with Gasteiger partial charge in [-0.1, -0.05) is 12.8 Å². The lowest BCUT2D eigenvalue weighted by Gasteiger charge is -2.29. The van der Waals surface area contributed by atoms with Crippen LogP contribution in [0.2, 0.25) is 0 Å². The molecule has 1 rings (SSSR count). The molecular weight excluding hydrogens is 394 g/mol. The standard InChI is InChI=1S/C10H14F6O6S2/c11-9(12,13)5-21-23(17,18)7-3-1-2-4-8(7)24(19,20)22-6-10(14,15)16/h7-8H,1-6H2. The van der Waals surface area contributed by atoms with E-state index < -0.39 is 56.3 Å². The first-order chi connectivity index (χ1) is 10.6. The van der Waals surface area contributed by atoms with Crippen molar-refractivity contribution in [3.63, 3.8) is 0 Å². The Bertz CT molecular complexity index is 567. The average molecular weight is 408 g/mol. The molecule has 0 aromatic carbocycles. The molecule has 1 aliphatic carbocycles. The Kier molecular flexibility index (Phi) is 6.55. The van der Waals surface area contributed by atoms with Gasteiger partial charge in [0.15, 0.2) is 13.2 Å². The zero-order valence-corrected chi connectivity index (χ0v) is 13.6. The topological polar surface area (TPSA) is 86.7 Å². The van der Waals surface area contributed by atoms with E-state index in [1.807, 2.05) is 0 Å². The van der Waals surface area contributed by atoms with Crippen molar-refractivity contribution in [3.8, 4) is 0 Å². The maximum Gasteiger partial charge on any atom is 0.413 e. The molecule has 0 spiro atoms. The van der Waals surface area contributed by atoms with Gasteiger partial charge < -0.3 is 0 Å². The summed E-state index contributed by atoms with van der Waals surface area (Å²) in [5.41, 5.74) is 0. The highest BCUT2D eigenvalue weighted by Crippen LogP contribution is 2.32. The lowest BCUT2D eigenvalue weighted by Crippen LogP contribution is -2.44. The van der Waals surface area contributed by atoms with E-state index in [1.54, 1.807) is 0 Å². The molecule has 1 aliphatic rings. The van der Waals surface area contributed by atoms with Crippen LogP contribution in [-0.4, -0.2) is 52.9 Å². The van der Waals surface area contributed by atoms with Crippen LogP contribution in [0.1, 0.15) is 25.7 Å². The first-order valence-electron chi connectivity index (χ1n) is 6.54. The Balaban J connectivity index is 2.95. The van der Waals surface area contributed by atoms with Gasteiger partial charge in [-0.2, -0.15) is 43.2 Å². The predicted octanol–water partition coefficient (Wildman–Crippen LogP) is 2.12. The smallest absolute Gasteiger partial charge is 0.260 e. The Morgan fingerprint density at radius 3 is 1.25 bits per heavy atom. The molecule has 2 atom stereocenters. The van der Waals surface area contributed by atoms with Crippen LogP contribution in [0.15, 0.2) is 0 Å². The molecule has 0 heterocycles. The number of hydrogen-bond donors (Lipinski definition) is 0. The molecule has 2 unspecified atom stereocenters. The predicted molar refractivity (Wildman–Crippen MR) is 67.9 cm³/mol. The van der Waals surface area contributed by atoms with E-state index in [-0.39, 0.29) is 25.7 Å². The number of halogens is 6. The SMILES string of the molecule is O=S(=O)(OCC(F)(F)F)C1CCCCC1S(=O)(=O)OCC(F)(F)F. The van der Waals surface area contributed by atoms with Gasteiger partial charge >= 0.3 is 12.4 Å². The highest BCUT2D eigenvalue weighted by Gasteiger charge is 2.46. The molecule has 6 nitrogen and oxygen atoms in total. The van der Waals surface area contributed by atoms with Crippen molar-refractivity contribution < 1.29 is 51.5 Å². The van der Waals surface area contributed by atoms with Crippen molar-refractivity contribution in [2.45, 2.75) is 48.5 Å². The van der Waals surface area contributed by atoms with Crippen molar-refractivity contribution in [1.82, 2.24) is 0 Å². The molecule has 0 aromatic heterocycles. The maximum atomic E-state index is 12.1. The fourth-order valence-corrected chi connectivity index (χ4v) is 5.88. The Morgan fingerprint density at radius 1 is 0.708 bits per heavy atom. The van der Waals surface area contributed by atoms with Gasteiger partial charge in [0.2, 0.25) is 0 Å². The van der Waals surface area contributed by atoms with Gasteiger partial charge in [0.1, 0.15) is 10.5 Å². The minimum atomic E-state index is -4.97. The molecule has 1 saturated carbocycles. The molecule has 0 aliphatic heterocycles. The second kappa shape index (κ2) is 7.33. The molecular formula is C10H14F6O6S2. The summed E-state index contributed by atoms with van der Waals surface area (Å²) < 4.78 is 127.